The predicted molar refractivity (Wildman–Crippen MR) is 368 cm³/mol. The molecular formula is C81H90BN3O. The van der Waals surface area contributed by atoms with Crippen molar-refractivity contribution in [1.29, 1.82) is 0 Å². The summed E-state index contributed by atoms with van der Waals surface area (Å²) in [6.07, 6.45) is 6.85. The van der Waals surface area contributed by atoms with Crippen LogP contribution in [0.25, 0.3) is 11.0 Å². The Hall–Kier alpha value is -7.24. The van der Waals surface area contributed by atoms with Gasteiger partial charge in [0.05, 0.1) is 17.0 Å². The van der Waals surface area contributed by atoms with Gasteiger partial charge in [-0.05, 0) is 216 Å². The van der Waals surface area contributed by atoms with Crippen molar-refractivity contribution in [2.45, 2.75) is 200 Å². The van der Waals surface area contributed by atoms with E-state index in [1.54, 1.807) is 0 Å². The molecule has 4 nitrogen and oxygen atoms in total. The molecule has 0 unspecified atom stereocenters. The molecule has 0 saturated heterocycles. The Morgan fingerprint density at radius 1 is 0.395 bits per heavy atom. The third-order valence-electron chi connectivity index (χ3n) is 22.3. The van der Waals surface area contributed by atoms with Gasteiger partial charge in [-0.3, -0.25) is 0 Å². The van der Waals surface area contributed by atoms with Crippen LogP contribution in [-0.2, 0) is 43.3 Å². The van der Waals surface area contributed by atoms with Gasteiger partial charge in [0.15, 0.2) is 0 Å². The summed E-state index contributed by atoms with van der Waals surface area (Å²) < 4.78 is 7.72. The first kappa shape index (κ1) is 56.6. The van der Waals surface area contributed by atoms with E-state index in [2.05, 4.69) is 296 Å². The van der Waals surface area contributed by atoms with Gasteiger partial charge >= 0.3 is 0 Å². The Morgan fingerprint density at radius 2 is 0.837 bits per heavy atom. The first-order valence-corrected chi connectivity index (χ1v) is 32.3. The van der Waals surface area contributed by atoms with Gasteiger partial charge in [0.2, 0.25) is 0 Å². The highest BCUT2D eigenvalue weighted by atomic mass is 16.3. The standard InChI is InChI=1S/C81H90BN3O/c1-74(2,3)53-30-37-70-59(44-53)72-73(86-70)82-66-49-64-65(80(14,15)43-42-79(64,12)13)50-67(66)84(56-33-35-60-62(45-56)77(8,9)40-38-75(60,4)5)68-47-58(48-69(71(68)82)85(72)57-34-36-61-63(46-57)78(10,11)41-39-76(61,6)7)83(54-26-22-19-23-27-54)55-31-28-52(29-32-55)81(16,17)51-24-20-18-21-25-51/h18-37,44-50H,38-43H2,1-17H3. The van der Waals surface area contributed by atoms with Crippen molar-refractivity contribution in [2.24, 2.45) is 0 Å². The lowest BCUT2D eigenvalue weighted by Crippen LogP contribution is -2.61. The van der Waals surface area contributed by atoms with Crippen LogP contribution in [0, 0.1) is 0 Å². The maximum Gasteiger partial charge on any atom is 0.297 e. The zero-order valence-corrected chi connectivity index (χ0v) is 54.7. The summed E-state index contributed by atoms with van der Waals surface area (Å²) in [6.45, 7) is 41.2. The minimum atomic E-state index is -0.214. The van der Waals surface area contributed by atoms with E-state index in [9.17, 15) is 0 Å². The van der Waals surface area contributed by atoms with Crippen molar-refractivity contribution < 1.29 is 4.42 Å². The Kier molecular flexibility index (Phi) is 12.4. The Balaban J connectivity index is 1.13. The number of anilines is 9. The quantitative estimate of drug-likeness (QED) is 0.148. The smallest absolute Gasteiger partial charge is 0.297 e. The second-order valence-electron chi connectivity index (χ2n) is 32.2. The molecule has 0 atom stereocenters. The molecule has 9 aromatic rings. The first-order chi connectivity index (χ1) is 40.5. The maximum atomic E-state index is 7.72. The summed E-state index contributed by atoms with van der Waals surface area (Å²) in [6, 6.07) is 64.0. The summed E-state index contributed by atoms with van der Waals surface area (Å²) in [5.41, 5.74) is 27.3. The molecular weight excluding hydrogens is 1040 g/mol. The van der Waals surface area contributed by atoms with Gasteiger partial charge in [-0.1, -0.05) is 203 Å². The predicted octanol–water partition coefficient (Wildman–Crippen LogP) is 20.7. The van der Waals surface area contributed by atoms with E-state index in [-0.39, 0.29) is 50.0 Å². The maximum absolute atomic E-state index is 7.72. The van der Waals surface area contributed by atoms with Crippen LogP contribution in [0.2, 0.25) is 0 Å². The monoisotopic (exact) mass is 1130 g/mol. The van der Waals surface area contributed by atoms with Crippen molar-refractivity contribution in [3.05, 3.63) is 214 Å². The molecule has 5 heteroatoms. The highest BCUT2D eigenvalue weighted by molar-refractivity contribution is 7.00. The molecule has 1 aromatic heterocycles. The lowest BCUT2D eigenvalue weighted by Gasteiger charge is -2.47. The van der Waals surface area contributed by atoms with Crippen molar-refractivity contribution in [1.82, 2.24) is 0 Å². The van der Waals surface area contributed by atoms with Crippen molar-refractivity contribution in [2.75, 3.05) is 14.7 Å². The molecule has 0 spiro atoms. The minimum absolute atomic E-state index is 0.00280. The summed E-state index contributed by atoms with van der Waals surface area (Å²) in [7, 11) is 0. The molecule has 0 saturated carbocycles. The molecule has 0 bridgehead atoms. The molecule has 3 heterocycles. The zero-order chi connectivity index (χ0) is 60.6. The molecule has 8 aromatic carbocycles. The lowest BCUT2D eigenvalue weighted by molar-refractivity contribution is 0.332. The second kappa shape index (κ2) is 18.9. The van der Waals surface area contributed by atoms with Gasteiger partial charge < -0.3 is 19.1 Å². The van der Waals surface area contributed by atoms with Gasteiger partial charge in [-0.25, -0.2) is 0 Å². The normalized spacial score (nSPS) is 19.0. The largest absolute Gasteiger partial charge is 0.468 e. The van der Waals surface area contributed by atoms with Crippen LogP contribution >= 0.6 is 0 Å². The highest BCUT2D eigenvalue weighted by Crippen LogP contribution is 2.56. The molecule has 0 N–H and O–H groups in total. The van der Waals surface area contributed by atoms with Gasteiger partial charge in [-0.15, -0.1) is 0 Å². The summed E-state index contributed by atoms with van der Waals surface area (Å²) in [4.78, 5) is 7.89. The Bertz CT molecular complexity index is 4200. The number of fused-ring (bicyclic) bond motifs is 9. The van der Waals surface area contributed by atoms with Crippen LogP contribution in [0.5, 0.6) is 0 Å². The zero-order valence-electron chi connectivity index (χ0n) is 54.7. The van der Waals surface area contributed by atoms with Crippen LogP contribution in [0.3, 0.4) is 0 Å². The number of furan rings is 1. The molecule has 0 radical (unpaired) electrons. The van der Waals surface area contributed by atoms with Gasteiger partial charge in [0, 0.05) is 50.6 Å². The SMILES string of the molecule is CC(C)(C)c1ccc2oc3c(c2c1)N(c1ccc2c(c1)C(C)(C)CCC2(C)C)c1cc(N(c2ccccc2)c2ccc(C(C)(C)c4ccccc4)cc2)cc2c1B3c1cc3c(cc1N2c1ccc2c(c1)C(C)(C)CCC2(C)C)C(C)(C)CCC3(C)C. The molecule has 438 valence electrons. The van der Waals surface area contributed by atoms with Crippen molar-refractivity contribution >= 4 is 85.5 Å². The Labute approximate surface area is 515 Å². The highest BCUT2D eigenvalue weighted by Gasteiger charge is 2.51. The fraction of sp³-hybridized carbons (Fsp3) is 0.383. The van der Waals surface area contributed by atoms with Gasteiger partial charge in [0.25, 0.3) is 6.71 Å². The second-order valence-corrected chi connectivity index (χ2v) is 32.2. The van der Waals surface area contributed by atoms with Crippen molar-refractivity contribution in [3.8, 4) is 0 Å². The van der Waals surface area contributed by atoms with E-state index in [4.69, 9.17) is 4.42 Å². The number of benzene rings is 8. The molecule has 86 heavy (non-hydrogen) atoms. The lowest BCUT2D eigenvalue weighted by atomic mass is 9.35. The number of para-hydroxylation sites is 1. The number of rotatable bonds is 7. The fourth-order valence-electron chi connectivity index (χ4n) is 16.2. The average Bonchev–Trinajstić information content (AvgIpc) is 1.20. The van der Waals surface area contributed by atoms with Gasteiger partial charge in [0.1, 0.15) is 5.58 Å². The molecule has 0 fully saturated rings. The van der Waals surface area contributed by atoms with E-state index in [0.29, 0.717) is 0 Å². The molecule has 0 amide bonds. The van der Waals surface area contributed by atoms with Crippen LogP contribution in [-0.4, -0.2) is 6.71 Å². The van der Waals surface area contributed by atoms with Crippen molar-refractivity contribution in [3.63, 3.8) is 0 Å². The molecule has 14 rings (SSSR count). The Morgan fingerprint density at radius 3 is 1.37 bits per heavy atom. The molecule has 5 aliphatic rings. The third-order valence-corrected chi connectivity index (χ3v) is 22.3. The molecule has 2 aliphatic heterocycles. The van der Waals surface area contributed by atoms with Crippen LogP contribution < -0.4 is 31.3 Å². The fourth-order valence-corrected chi connectivity index (χ4v) is 16.2. The van der Waals surface area contributed by atoms with E-state index in [1.165, 1.54) is 89.4 Å². The first-order valence-electron chi connectivity index (χ1n) is 32.3. The summed E-state index contributed by atoms with van der Waals surface area (Å²) in [5, 5.41) is 1.15. The van der Waals surface area contributed by atoms with Gasteiger partial charge in [-0.2, -0.15) is 0 Å². The number of hydrogen-bond donors (Lipinski definition) is 0. The molecule has 3 aliphatic carbocycles. The number of hydrogen-bond acceptors (Lipinski definition) is 4. The topological polar surface area (TPSA) is 22.9 Å². The minimum Gasteiger partial charge on any atom is -0.468 e. The van der Waals surface area contributed by atoms with Crippen LogP contribution in [0.1, 0.15) is 206 Å². The van der Waals surface area contributed by atoms with E-state index >= 15 is 0 Å². The number of nitrogens with zero attached hydrogens (tertiary/aromatic N) is 3. The van der Waals surface area contributed by atoms with Crippen LogP contribution in [0.15, 0.2) is 168 Å². The average molecular weight is 1130 g/mol. The van der Waals surface area contributed by atoms with E-state index in [0.717, 1.165) is 77.9 Å². The van der Waals surface area contributed by atoms with E-state index in [1.807, 2.05) is 0 Å². The summed E-state index contributed by atoms with van der Waals surface area (Å²) >= 11 is 0. The summed E-state index contributed by atoms with van der Waals surface area (Å²) in [5.74, 6) is 0. The van der Waals surface area contributed by atoms with Crippen LogP contribution in [0.4, 0.5) is 51.2 Å². The third kappa shape index (κ3) is 8.72. The van der Waals surface area contributed by atoms with E-state index < -0.39 is 0 Å².